The lowest BCUT2D eigenvalue weighted by molar-refractivity contribution is 0.0924. The molecule has 1 atom stereocenters. The van der Waals surface area contributed by atoms with E-state index in [0.717, 1.165) is 0 Å². The van der Waals surface area contributed by atoms with Crippen molar-refractivity contribution < 1.29 is 19.7 Å². The lowest BCUT2D eigenvalue weighted by Crippen LogP contribution is -2.33. The van der Waals surface area contributed by atoms with Crippen LogP contribution in [0, 0.1) is 0 Å². The van der Waals surface area contributed by atoms with Crippen molar-refractivity contribution in [2.24, 2.45) is 0 Å². The number of rotatable bonds is 5. The lowest BCUT2D eigenvalue weighted by Gasteiger charge is -2.14. The van der Waals surface area contributed by atoms with Gasteiger partial charge in [0.25, 0.3) is 5.91 Å². The van der Waals surface area contributed by atoms with E-state index in [0.29, 0.717) is 13.0 Å². The Hall–Kier alpha value is -1.75. The number of benzene rings is 1. The van der Waals surface area contributed by atoms with Gasteiger partial charge in [-0.15, -0.1) is 0 Å². The van der Waals surface area contributed by atoms with Gasteiger partial charge in [0.15, 0.2) is 0 Å². The summed E-state index contributed by atoms with van der Waals surface area (Å²) in [5, 5.41) is 21.7. The second kappa shape index (κ2) is 6.10. The van der Waals surface area contributed by atoms with Gasteiger partial charge in [-0.1, -0.05) is 6.07 Å². The van der Waals surface area contributed by atoms with Crippen LogP contribution in [0.3, 0.4) is 0 Å². The first-order chi connectivity index (χ1) is 8.06. The molecule has 5 heteroatoms. The van der Waals surface area contributed by atoms with Crippen LogP contribution in [0.2, 0.25) is 0 Å². The monoisotopic (exact) mass is 239 g/mol. The Bertz CT molecular complexity index is 372. The Morgan fingerprint density at radius 3 is 2.53 bits per heavy atom. The van der Waals surface area contributed by atoms with Gasteiger partial charge in [-0.25, -0.2) is 0 Å². The number of phenolic OH excluding ortho intramolecular Hbond substituents is 2. The number of hydrogen-bond acceptors (Lipinski definition) is 4. The maximum absolute atomic E-state index is 11.8. The quantitative estimate of drug-likeness (QED) is 0.722. The van der Waals surface area contributed by atoms with Crippen LogP contribution in [0.15, 0.2) is 18.2 Å². The highest BCUT2D eigenvalue weighted by Gasteiger charge is 2.17. The average molecular weight is 239 g/mol. The summed E-state index contributed by atoms with van der Waals surface area (Å²) in [5.41, 5.74) is -0.100. The Morgan fingerprint density at radius 1 is 1.41 bits per heavy atom. The zero-order valence-electron chi connectivity index (χ0n) is 9.93. The summed E-state index contributed by atoms with van der Waals surface area (Å²) in [6.07, 6.45) is 0.663. The molecule has 0 heterocycles. The summed E-state index contributed by atoms with van der Waals surface area (Å²) in [6.45, 7) is 2.36. The van der Waals surface area contributed by atoms with Crippen LogP contribution in [0.1, 0.15) is 23.7 Å². The third-order valence-corrected chi connectivity index (χ3v) is 2.38. The smallest absolute Gasteiger partial charge is 0.259 e. The van der Waals surface area contributed by atoms with Gasteiger partial charge in [0.05, 0.1) is 0 Å². The Kier molecular flexibility index (Phi) is 4.78. The molecule has 0 bridgehead atoms. The van der Waals surface area contributed by atoms with E-state index in [2.05, 4.69) is 5.32 Å². The number of carbonyl (C=O) groups excluding carboxylic acids is 1. The molecule has 0 aliphatic heterocycles. The maximum Gasteiger partial charge on any atom is 0.259 e. The normalized spacial score (nSPS) is 12.1. The predicted molar refractivity (Wildman–Crippen MR) is 63.2 cm³/mol. The van der Waals surface area contributed by atoms with Gasteiger partial charge in [0.1, 0.15) is 17.1 Å². The van der Waals surface area contributed by atoms with Gasteiger partial charge >= 0.3 is 0 Å². The maximum atomic E-state index is 11.8. The van der Waals surface area contributed by atoms with Crippen molar-refractivity contribution in [1.82, 2.24) is 5.32 Å². The van der Waals surface area contributed by atoms with Gasteiger partial charge in [-0.3, -0.25) is 4.79 Å². The molecule has 0 aromatic heterocycles. The summed E-state index contributed by atoms with van der Waals surface area (Å²) in [6, 6.07) is 4.08. The van der Waals surface area contributed by atoms with Crippen molar-refractivity contribution in [2.45, 2.75) is 19.4 Å². The van der Waals surface area contributed by atoms with E-state index in [4.69, 9.17) is 4.74 Å². The van der Waals surface area contributed by atoms with E-state index in [-0.39, 0.29) is 23.1 Å². The highest BCUT2D eigenvalue weighted by atomic mass is 16.5. The fourth-order valence-electron chi connectivity index (χ4n) is 1.42. The summed E-state index contributed by atoms with van der Waals surface area (Å²) in [7, 11) is 1.59. The van der Waals surface area contributed by atoms with Crippen molar-refractivity contribution in [3.63, 3.8) is 0 Å². The lowest BCUT2D eigenvalue weighted by atomic mass is 10.1. The third kappa shape index (κ3) is 3.64. The second-order valence-electron chi connectivity index (χ2n) is 3.83. The van der Waals surface area contributed by atoms with Crippen molar-refractivity contribution in [2.75, 3.05) is 13.7 Å². The Morgan fingerprint density at radius 2 is 2.00 bits per heavy atom. The molecule has 0 aliphatic rings. The summed E-state index contributed by atoms with van der Waals surface area (Å²) < 4.78 is 4.90. The van der Waals surface area contributed by atoms with Crippen LogP contribution in [0.5, 0.6) is 11.5 Å². The standard InChI is InChI=1S/C12H17NO4/c1-8(6-7-17-2)13-12(16)11-9(14)4-3-5-10(11)15/h3-5,8,14-15H,6-7H2,1-2H3,(H,13,16). The Labute approximate surface area is 100 Å². The summed E-state index contributed by atoms with van der Waals surface area (Å²) in [5.74, 6) is -0.966. The van der Waals surface area contributed by atoms with E-state index in [9.17, 15) is 15.0 Å². The molecule has 0 radical (unpaired) electrons. The van der Waals surface area contributed by atoms with E-state index < -0.39 is 5.91 Å². The van der Waals surface area contributed by atoms with E-state index in [1.54, 1.807) is 7.11 Å². The minimum absolute atomic E-state index is 0.0959. The molecule has 1 rings (SSSR count). The summed E-state index contributed by atoms with van der Waals surface area (Å²) in [4.78, 5) is 11.8. The number of aromatic hydroxyl groups is 2. The number of methoxy groups -OCH3 is 1. The number of phenols is 2. The number of ether oxygens (including phenoxy) is 1. The largest absolute Gasteiger partial charge is 0.507 e. The molecule has 0 aliphatic carbocycles. The molecule has 94 valence electrons. The highest BCUT2D eigenvalue weighted by molar-refractivity contribution is 5.99. The van der Waals surface area contributed by atoms with Gasteiger partial charge in [-0.2, -0.15) is 0 Å². The number of hydrogen-bond donors (Lipinski definition) is 3. The van der Waals surface area contributed by atoms with Crippen LogP contribution < -0.4 is 5.32 Å². The molecule has 0 saturated heterocycles. The number of nitrogens with one attached hydrogen (secondary N) is 1. The van der Waals surface area contributed by atoms with Crippen LogP contribution in [-0.4, -0.2) is 35.9 Å². The molecule has 1 aromatic rings. The van der Waals surface area contributed by atoms with Crippen LogP contribution in [0.4, 0.5) is 0 Å². The van der Waals surface area contributed by atoms with E-state index in [1.807, 2.05) is 6.92 Å². The first kappa shape index (κ1) is 13.3. The molecule has 0 saturated carbocycles. The van der Waals surface area contributed by atoms with Crippen molar-refractivity contribution in [3.05, 3.63) is 23.8 Å². The molecule has 3 N–H and O–H groups in total. The minimum Gasteiger partial charge on any atom is -0.507 e. The number of carbonyl (C=O) groups is 1. The molecule has 0 spiro atoms. The third-order valence-electron chi connectivity index (χ3n) is 2.38. The van der Waals surface area contributed by atoms with Gasteiger partial charge < -0.3 is 20.3 Å². The zero-order valence-corrected chi connectivity index (χ0v) is 9.93. The molecule has 1 unspecified atom stereocenters. The van der Waals surface area contributed by atoms with Crippen molar-refractivity contribution >= 4 is 5.91 Å². The molecule has 5 nitrogen and oxygen atoms in total. The fraction of sp³-hybridized carbons (Fsp3) is 0.417. The molecule has 1 aromatic carbocycles. The van der Waals surface area contributed by atoms with Crippen molar-refractivity contribution in [1.29, 1.82) is 0 Å². The van der Waals surface area contributed by atoms with Crippen molar-refractivity contribution in [3.8, 4) is 11.5 Å². The molecular formula is C12H17NO4. The van der Waals surface area contributed by atoms with Gasteiger partial charge in [0, 0.05) is 19.8 Å². The molecule has 17 heavy (non-hydrogen) atoms. The first-order valence-corrected chi connectivity index (χ1v) is 5.37. The van der Waals surface area contributed by atoms with Crippen LogP contribution in [0.25, 0.3) is 0 Å². The number of amides is 1. The molecule has 1 amide bonds. The highest BCUT2D eigenvalue weighted by Crippen LogP contribution is 2.25. The minimum atomic E-state index is -0.496. The molecular weight excluding hydrogens is 222 g/mol. The SMILES string of the molecule is COCCC(C)NC(=O)c1c(O)cccc1O. The van der Waals surface area contributed by atoms with Crippen LogP contribution in [-0.2, 0) is 4.74 Å². The van der Waals surface area contributed by atoms with Gasteiger partial charge in [-0.05, 0) is 25.5 Å². The predicted octanol–water partition coefficient (Wildman–Crippen LogP) is 1.25. The average Bonchev–Trinajstić information content (AvgIpc) is 2.26. The zero-order chi connectivity index (χ0) is 12.8. The summed E-state index contributed by atoms with van der Waals surface area (Å²) >= 11 is 0. The first-order valence-electron chi connectivity index (χ1n) is 5.37. The fourth-order valence-corrected chi connectivity index (χ4v) is 1.42. The van der Waals surface area contributed by atoms with Crippen LogP contribution >= 0.6 is 0 Å². The topological polar surface area (TPSA) is 78.8 Å². The second-order valence-corrected chi connectivity index (χ2v) is 3.83. The molecule has 0 fully saturated rings. The van der Waals surface area contributed by atoms with E-state index in [1.165, 1.54) is 18.2 Å². The van der Waals surface area contributed by atoms with E-state index >= 15 is 0 Å². The van der Waals surface area contributed by atoms with Gasteiger partial charge in [0.2, 0.25) is 0 Å². The Balaban J connectivity index is 2.70.